The Balaban J connectivity index is 1.84. The van der Waals surface area contributed by atoms with Crippen molar-refractivity contribution in [2.45, 2.75) is 0 Å². The molecule has 6 nitrogen and oxygen atoms in total. The van der Waals surface area contributed by atoms with E-state index in [0.29, 0.717) is 9.93 Å². The van der Waals surface area contributed by atoms with Crippen molar-refractivity contribution < 1.29 is 9.72 Å². The third-order valence-electron chi connectivity index (χ3n) is 3.39. The smallest absolute Gasteiger partial charge is 0.266 e. The van der Waals surface area contributed by atoms with Gasteiger partial charge in [0.25, 0.3) is 11.6 Å². The molecule has 0 aromatic heterocycles. The molecule has 2 aromatic rings. The zero-order valence-corrected chi connectivity index (χ0v) is 15.4. The summed E-state index contributed by atoms with van der Waals surface area (Å²) in [6.07, 6.45) is 2.95. The first-order chi connectivity index (χ1) is 12.5. The van der Waals surface area contributed by atoms with Crippen molar-refractivity contribution >= 4 is 63.8 Å². The molecule has 1 saturated heterocycles. The van der Waals surface area contributed by atoms with Crippen LogP contribution in [0.1, 0.15) is 11.1 Å². The summed E-state index contributed by atoms with van der Waals surface area (Å²) in [5.74, 6) is -0.384. The lowest BCUT2D eigenvalue weighted by molar-refractivity contribution is -0.385. The number of nitrogens with zero attached hydrogens (tertiary/aromatic N) is 3. The van der Waals surface area contributed by atoms with E-state index >= 15 is 0 Å². The molecule has 1 heterocycles. The standard InChI is InChI=1S/C17H10ClN3O3S2/c18-13-7-5-11(6-8-13)9-15-16(22)20(17(25)26-15)19-10-12-3-1-2-4-14(12)21(23)24/h1-10H/b15-9+,19-10+. The van der Waals surface area contributed by atoms with Crippen molar-refractivity contribution in [1.82, 2.24) is 5.01 Å². The van der Waals surface area contributed by atoms with Crippen LogP contribution in [-0.4, -0.2) is 26.4 Å². The van der Waals surface area contributed by atoms with Crippen LogP contribution in [0.2, 0.25) is 5.02 Å². The van der Waals surface area contributed by atoms with Gasteiger partial charge in [-0.15, -0.1) is 0 Å². The molecule has 1 aliphatic heterocycles. The van der Waals surface area contributed by atoms with Crippen LogP contribution in [0.5, 0.6) is 0 Å². The van der Waals surface area contributed by atoms with E-state index in [0.717, 1.165) is 22.3 Å². The van der Waals surface area contributed by atoms with Crippen molar-refractivity contribution in [3.8, 4) is 0 Å². The van der Waals surface area contributed by atoms with Crippen LogP contribution in [-0.2, 0) is 4.79 Å². The number of hydrogen-bond donors (Lipinski definition) is 0. The number of carbonyl (C=O) groups excluding carboxylic acids is 1. The van der Waals surface area contributed by atoms with Crippen LogP contribution in [0, 0.1) is 10.1 Å². The molecule has 1 aliphatic rings. The van der Waals surface area contributed by atoms with Crippen LogP contribution >= 0.6 is 35.6 Å². The maximum atomic E-state index is 12.5. The first kappa shape index (κ1) is 18.2. The van der Waals surface area contributed by atoms with E-state index in [9.17, 15) is 14.9 Å². The van der Waals surface area contributed by atoms with Gasteiger partial charge in [-0.3, -0.25) is 14.9 Å². The molecule has 0 spiro atoms. The second kappa shape index (κ2) is 7.77. The van der Waals surface area contributed by atoms with E-state index in [-0.39, 0.29) is 21.5 Å². The molecule has 3 rings (SSSR count). The van der Waals surface area contributed by atoms with Gasteiger partial charge in [0.15, 0.2) is 4.32 Å². The summed E-state index contributed by atoms with van der Waals surface area (Å²) in [6.45, 7) is 0. The van der Waals surface area contributed by atoms with Gasteiger partial charge in [0.05, 0.1) is 21.6 Å². The number of amides is 1. The number of para-hydroxylation sites is 1. The third-order valence-corrected chi connectivity index (χ3v) is 4.92. The molecule has 9 heteroatoms. The van der Waals surface area contributed by atoms with Crippen molar-refractivity contribution in [1.29, 1.82) is 0 Å². The van der Waals surface area contributed by atoms with Gasteiger partial charge in [-0.2, -0.15) is 10.1 Å². The highest BCUT2D eigenvalue weighted by atomic mass is 35.5. The number of thiocarbonyl (C=S) groups is 1. The summed E-state index contributed by atoms with van der Waals surface area (Å²) >= 11 is 12.2. The van der Waals surface area contributed by atoms with Crippen LogP contribution in [0.15, 0.2) is 58.5 Å². The number of carbonyl (C=O) groups is 1. The Morgan fingerprint density at radius 3 is 2.58 bits per heavy atom. The maximum absolute atomic E-state index is 12.5. The number of nitro groups is 1. The number of halogens is 1. The lowest BCUT2D eigenvalue weighted by Crippen LogP contribution is -2.22. The van der Waals surface area contributed by atoms with Crippen molar-refractivity contribution in [2.24, 2.45) is 5.10 Å². The van der Waals surface area contributed by atoms with Crippen molar-refractivity contribution in [3.05, 3.63) is 79.7 Å². The summed E-state index contributed by atoms with van der Waals surface area (Å²) in [6, 6.07) is 13.1. The Bertz CT molecular complexity index is 958. The predicted octanol–water partition coefficient (Wildman–Crippen LogP) is 4.48. The van der Waals surface area contributed by atoms with Gasteiger partial charge < -0.3 is 0 Å². The molecule has 1 amide bonds. The molecule has 0 atom stereocenters. The third kappa shape index (κ3) is 3.98. The van der Waals surface area contributed by atoms with E-state index in [1.165, 1.54) is 12.3 Å². The quantitative estimate of drug-likeness (QED) is 0.247. The molecule has 130 valence electrons. The Morgan fingerprint density at radius 2 is 1.88 bits per heavy atom. The molecule has 1 fully saturated rings. The molecule has 26 heavy (non-hydrogen) atoms. The largest absolute Gasteiger partial charge is 0.286 e. The van der Waals surface area contributed by atoms with Gasteiger partial charge in [0.2, 0.25) is 0 Å². The zero-order chi connectivity index (χ0) is 18.7. The first-order valence-electron chi connectivity index (χ1n) is 7.26. The topological polar surface area (TPSA) is 75.8 Å². The fraction of sp³-hybridized carbons (Fsp3) is 0. The van der Waals surface area contributed by atoms with Crippen LogP contribution < -0.4 is 0 Å². The molecule has 0 aliphatic carbocycles. The van der Waals surface area contributed by atoms with E-state index in [1.807, 2.05) is 0 Å². The lowest BCUT2D eigenvalue weighted by Gasteiger charge is -2.06. The highest BCUT2D eigenvalue weighted by Crippen LogP contribution is 2.33. The summed E-state index contributed by atoms with van der Waals surface area (Å²) in [5, 5.41) is 16.7. The SMILES string of the molecule is O=C1/C(=C\c2ccc(Cl)cc2)SC(=S)N1/N=C/c1ccccc1[N+](=O)[O-]. The Kier molecular flexibility index (Phi) is 5.46. The normalized spacial score (nSPS) is 16.0. The number of hydrazone groups is 1. The van der Waals surface area contributed by atoms with E-state index in [1.54, 1.807) is 48.5 Å². The molecule has 0 N–H and O–H groups in total. The van der Waals surface area contributed by atoms with Crippen molar-refractivity contribution in [3.63, 3.8) is 0 Å². The summed E-state index contributed by atoms with van der Waals surface area (Å²) in [7, 11) is 0. The molecule has 2 aromatic carbocycles. The number of thioether (sulfide) groups is 1. The Labute approximate surface area is 163 Å². The maximum Gasteiger partial charge on any atom is 0.286 e. The second-order valence-corrected chi connectivity index (χ2v) is 7.22. The number of rotatable bonds is 4. The van der Waals surface area contributed by atoms with Crippen molar-refractivity contribution in [2.75, 3.05) is 0 Å². The minimum Gasteiger partial charge on any atom is -0.266 e. The van der Waals surface area contributed by atoms with E-state index < -0.39 is 4.92 Å². The van der Waals surface area contributed by atoms with Gasteiger partial charge in [0.1, 0.15) is 0 Å². The minimum absolute atomic E-state index is 0.0987. The summed E-state index contributed by atoms with van der Waals surface area (Å²) < 4.78 is 0.255. The highest BCUT2D eigenvalue weighted by molar-refractivity contribution is 8.26. The number of benzene rings is 2. The van der Waals surface area contributed by atoms with Gasteiger partial charge in [0, 0.05) is 11.1 Å². The molecular formula is C17H10ClN3O3S2. The lowest BCUT2D eigenvalue weighted by atomic mass is 10.2. The minimum atomic E-state index is -0.508. The van der Waals surface area contributed by atoms with E-state index in [2.05, 4.69) is 5.10 Å². The van der Waals surface area contributed by atoms with Gasteiger partial charge in [-0.1, -0.05) is 47.6 Å². The first-order valence-corrected chi connectivity index (χ1v) is 8.87. The Hall–Kier alpha value is -2.55. The summed E-state index contributed by atoms with van der Waals surface area (Å²) in [5.41, 5.74) is 0.990. The van der Waals surface area contributed by atoms with E-state index in [4.69, 9.17) is 23.8 Å². The highest BCUT2D eigenvalue weighted by Gasteiger charge is 2.32. The molecular weight excluding hydrogens is 394 g/mol. The van der Waals surface area contributed by atoms with Gasteiger partial charge >= 0.3 is 0 Å². The predicted molar refractivity (Wildman–Crippen MR) is 107 cm³/mol. The molecule has 0 radical (unpaired) electrons. The van der Waals surface area contributed by atoms with Gasteiger partial charge in [-0.25, -0.2) is 0 Å². The monoisotopic (exact) mass is 403 g/mol. The fourth-order valence-corrected chi connectivity index (χ4v) is 3.45. The number of nitro benzene ring substituents is 1. The zero-order valence-electron chi connectivity index (χ0n) is 13.0. The molecule has 0 saturated carbocycles. The summed E-state index contributed by atoms with van der Waals surface area (Å²) in [4.78, 5) is 23.4. The van der Waals surface area contributed by atoms with Gasteiger partial charge in [-0.05, 0) is 42.1 Å². The van der Waals surface area contributed by atoms with Crippen LogP contribution in [0.3, 0.4) is 0 Å². The Morgan fingerprint density at radius 1 is 1.19 bits per heavy atom. The number of hydrogen-bond acceptors (Lipinski definition) is 6. The van der Waals surface area contributed by atoms with Crippen LogP contribution in [0.25, 0.3) is 6.08 Å². The average molecular weight is 404 g/mol. The molecule has 0 bridgehead atoms. The second-order valence-electron chi connectivity index (χ2n) is 5.11. The fourth-order valence-electron chi connectivity index (χ4n) is 2.15. The average Bonchev–Trinajstić information content (AvgIpc) is 2.88. The molecule has 0 unspecified atom stereocenters. The van der Waals surface area contributed by atoms with Crippen LogP contribution in [0.4, 0.5) is 5.69 Å².